The maximum absolute atomic E-state index is 11.0. The van der Waals surface area contributed by atoms with Gasteiger partial charge in [0.05, 0.1) is 7.11 Å². The second kappa shape index (κ2) is 6.56. The Bertz CT molecular complexity index is 579. The first-order valence-electron chi connectivity index (χ1n) is 6.15. The first-order valence-corrected chi connectivity index (χ1v) is 7.14. The van der Waals surface area contributed by atoms with Gasteiger partial charge < -0.3 is 9.15 Å². The standard InChI is InChI=1S/C12H16N4O3S/c1-8(2)6-16-5-4-9(15-16)11-13-14-12(19-11)20-7-10(17)18-3/h4-5,8H,6-7H2,1-3H3. The fraction of sp³-hybridized carbons (Fsp3) is 0.500. The molecule has 0 aliphatic rings. The minimum absolute atomic E-state index is 0.139. The minimum atomic E-state index is -0.337. The highest BCUT2D eigenvalue weighted by Gasteiger charge is 2.13. The zero-order chi connectivity index (χ0) is 14.5. The Morgan fingerprint density at radius 3 is 3.00 bits per heavy atom. The molecule has 0 spiro atoms. The van der Waals surface area contributed by atoms with Crippen molar-refractivity contribution >= 4 is 17.7 Å². The molecule has 0 aliphatic heterocycles. The number of hydrogen-bond donors (Lipinski definition) is 0. The molecule has 0 N–H and O–H groups in total. The molecule has 0 aromatic carbocycles. The van der Waals surface area contributed by atoms with E-state index in [1.165, 1.54) is 7.11 Å². The Morgan fingerprint density at radius 1 is 1.50 bits per heavy atom. The van der Waals surface area contributed by atoms with Gasteiger partial charge in [0, 0.05) is 12.7 Å². The van der Waals surface area contributed by atoms with Gasteiger partial charge in [-0.15, -0.1) is 10.2 Å². The molecule has 8 heteroatoms. The molecule has 0 unspecified atom stereocenters. The monoisotopic (exact) mass is 296 g/mol. The number of thioether (sulfide) groups is 1. The van der Waals surface area contributed by atoms with E-state index in [4.69, 9.17) is 4.42 Å². The highest BCUT2D eigenvalue weighted by Crippen LogP contribution is 2.22. The Balaban J connectivity index is 2.01. The fourth-order valence-electron chi connectivity index (χ4n) is 1.50. The van der Waals surface area contributed by atoms with Gasteiger partial charge in [0.1, 0.15) is 11.4 Å². The molecule has 0 atom stereocenters. The van der Waals surface area contributed by atoms with Gasteiger partial charge >= 0.3 is 5.97 Å². The summed E-state index contributed by atoms with van der Waals surface area (Å²) in [5, 5.41) is 12.5. The molecule has 0 amide bonds. The number of carbonyl (C=O) groups excluding carboxylic acids is 1. The molecule has 2 heterocycles. The van der Waals surface area contributed by atoms with Gasteiger partial charge in [-0.3, -0.25) is 9.48 Å². The lowest BCUT2D eigenvalue weighted by Crippen LogP contribution is -2.04. The summed E-state index contributed by atoms with van der Waals surface area (Å²) < 4.78 is 11.8. The molecule has 20 heavy (non-hydrogen) atoms. The third kappa shape index (κ3) is 3.83. The highest BCUT2D eigenvalue weighted by atomic mass is 32.2. The van der Waals surface area contributed by atoms with Crippen LogP contribution in [0.4, 0.5) is 0 Å². The SMILES string of the molecule is COC(=O)CSc1nnc(-c2ccn(CC(C)C)n2)o1. The third-order valence-electron chi connectivity index (χ3n) is 2.36. The molecule has 7 nitrogen and oxygen atoms in total. The summed E-state index contributed by atoms with van der Waals surface area (Å²) in [5.74, 6) is 0.660. The van der Waals surface area contributed by atoms with Crippen LogP contribution in [0.15, 0.2) is 21.9 Å². The molecule has 0 fully saturated rings. The van der Waals surface area contributed by atoms with E-state index in [1.807, 2.05) is 16.9 Å². The number of nitrogens with zero attached hydrogens (tertiary/aromatic N) is 4. The average Bonchev–Trinajstić information content (AvgIpc) is 3.03. The van der Waals surface area contributed by atoms with Crippen LogP contribution in [-0.2, 0) is 16.1 Å². The molecule has 2 aromatic rings. The van der Waals surface area contributed by atoms with Crippen LogP contribution in [0, 0.1) is 5.92 Å². The number of hydrogen-bond acceptors (Lipinski definition) is 7. The highest BCUT2D eigenvalue weighted by molar-refractivity contribution is 7.99. The molecule has 0 saturated heterocycles. The van der Waals surface area contributed by atoms with Gasteiger partial charge in [0.25, 0.3) is 11.1 Å². The van der Waals surface area contributed by atoms with Crippen molar-refractivity contribution in [1.29, 1.82) is 0 Å². The van der Waals surface area contributed by atoms with Gasteiger partial charge in [0.2, 0.25) is 0 Å². The molecule has 0 bridgehead atoms. The average molecular weight is 296 g/mol. The Morgan fingerprint density at radius 2 is 2.30 bits per heavy atom. The normalized spacial score (nSPS) is 11.0. The second-order valence-corrected chi connectivity index (χ2v) is 5.48. The van der Waals surface area contributed by atoms with Crippen LogP contribution in [0.25, 0.3) is 11.6 Å². The van der Waals surface area contributed by atoms with Crippen molar-refractivity contribution in [2.24, 2.45) is 5.92 Å². The molecular formula is C12H16N4O3S. The number of carbonyl (C=O) groups is 1. The molecule has 108 valence electrons. The maximum atomic E-state index is 11.0. The summed E-state index contributed by atoms with van der Waals surface area (Å²) in [6.07, 6.45) is 1.88. The quantitative estimate of drug-likeness (QED) is 0.594. The first kappa shape index (κ1) is 14.6. The number of methoxy groups -OCH3 is 1. The van der Waals surface area contributed by atoms with E-state index in [2.05, 4.69) is 33.9 Å². The van der Waals surface area contributed by atoms with Crippen molar-refractivity contribution in [2.75, 3.05) is 12.9 Å². The van der Waals surface area contributed by atoms with E-state index in [-0.39, 0.29) is 11.7 Å². The Labute approximate surface area is 120 Å². The lowest BCUT2D eigenvalue weighted by Gasteiger charge is -2.03. The number of ether oxygens (including phenoxy) is 1. The molecule has 0 radical (unpaired) electrons. The molecular weight excluding hydrogens is 280 g/mol. The van der Waals surface area contributed by atoms with Gasteiger partial charge in [-0.1, -0.05) is 25.6 Å². The molecule has 0 aliphatic carbocycles. The summed E-state index contributed by atoms with van der Waals surface area (Å²) in [6, 6.07) is 1.82. The minimum Gasteiger partial charge on any atom is -0.468 e. The smallest absolute Gasteiger partial charge is 0.316 e. The maximum Gasteiger partial charge on any atom is 0.316 e. The summed E-state index contributed by atoms with van der Waals surface area (Å²) in [7, 11) is 1.34. The number of aromatic nitrogens is 4. The number of esters is 1. The van der Waals surface area contributed by atoms with Gasteiger partial charge in [-0.2, -0.15) is 5.10 Å². The van der Waals surface area contributed by atoms with Crippen molar-refractivity contribution in [3.8, 4) is 11.6 Å². The molecule has 2 aromatic heterocycles. The summed E-state index contributed by atoms with van der Waals surface area (Å²) in [6.45, 7) is 5.07. The topological polar surface area (TPSA) is 83.0 Å². The van der Waals surface area contributed by atoms with E-state index < -0.39 is 0 Å². The third-order valence-corrected chi connectivity index (χ3v) is 3.15. The van der Waals surface area contributed by atoms with Crippen LogP contribution >= 0.6 is 11.8 Å². The summed E-state index contributed by atoms with van der Waals surface area (Å²) in [5.41, 5.74) is 0.628. The zero-order valence-electron chi connectivity index (χ0n) is 11.6. The first-order chi connectivity index (χ1) is 9.58. The van der Waals surface area contributed by atoms with Crippen molar-refractivity contribution in [3.05, 3.63) is 12.3 Å². The van der Waals surface area contributed by atoms with E-state index in [0.29, 0.717) is 22.7 Å². The van der Waals surface area contributed by atoms with Crippen LogP contribution < -0.4 is 0 Å². The summed E-state index contributed by atoms with van der Waals surface area (Å²) >= 11 is 1.14. The second-order valence-electron chi connectivity index (χ2n) is 4.55. The Kier molecular flexibility index (Phi) is 4.78. The van der Waals surface area contributed by atoms with Crippen molar-refractivity contribution in [3.63, 3.8) is 0 Å². The van der Waals surface area contributed by atoms with Crippen LogP contribution in [-0.4, -0.2) is 38.8 Å². The van der Waals surface area contributed by atoms with E-state index in [0.717, 1.165) is 18.3 Å². The molecule has 0 saturated carbocycles. The largest absolute Gasteiger partial charge is 0.468 e. The molecule has 2 rings (SSSR count). The van der Waals surface area contributed by atoms with Crippen LogP contribution in [0.3, 0.4) is 0 Å². The van der Waals surface area contributed by atoms with Crippen LogP contribution in [0.5, 0.6) is 0 Å². The zero-order valence-corrected chi connectivity index (χ0v) is 12.4. The fourth-order valence-corrected chi connectivity index (χ4v) is 2.10. The van der Waals surface area contributed by atoms with Crippen LogP contribution in [0.2, 0.25) is 0 Å². The van der Waals surface area contributed by atoms with Crippen LogP contribution in [0.1, 0.15) is 13.8 Å². The predicted octanol–water partition coefficient (Wildman–Crippen LogP) is 1.85. The summed E-state index contributed by atoms with van der Waals surface area (Å²) in [4.78, 5) is 11.0. The lowest BCUT2D eigenvalue weighted by atomic mass is 10.2. The van der Waals surface area contributed by atoms with Crippen molar-refractivity contribution in [1.82, 2.24) is 20.0 Å². The van der Waals surface area contributed by atoms with Gasteiger partial charge in [0.15, 0.2) is 0 Å². The predicted molar refractivity (Wildman–Crippen MR) is 73.1 cm³/mol. The van der Waals surface area contributed by atoms with Gasteiger partial charge in [-0.05, 0) is 12.0 Å². The van der Waals surface area contributed by atoms with Crippen molar-refractivity contribution < 1.29 is 13.9 Å². The van der Waals surface area contributed by atoms with E-state index in [1.54, 1.807) is 0 Å². The van der Waals surface area contributed by atoms with Crippen molar-refractivity contribution in [2.45, 2.75) is 25.6 Å². The van der Waals surface area contributed by atoms with Gasteiger partial charge in [-0.25, -0.2) is 0 Å². The number of rotatable bonds is 6. The Hall–Kier alpha value is -1.83. The van der Waals surface area contributed by atoms with E-state index in [9.17, 15) is 4.79 Å². The van der Waals surface area contributed by atoms with E-state index >= 15 is 0 Å². The lowest BCUT2D eigenvalue weighted by molar-refractivity contribution is -0.137.